The van der Waals surface area contributed by atoms with Crippen LogP contribution in [0, 0.1) is 17.8 Å². The summed E-state index contributed by atoms with van der Waals surface area (Å²) >= 11 is 4.18. The van der Waals surface area contributed by atoms with Crippen LogP contribution in [0.15, 0.2) is 0 Å². The number of carbonyl (C=O) groups excluding carboxylic acids is 2. The lowest BCUT2D eigenvalue weighted by Gasteiger charge is -2.17. The minimum absolute atomic E-state index is 0.00916. The van der Waals surface area contributed by atoms with Crippen molar-refractivity contribution in [3.8, 4) is 0 Å². The van der Waals surface area contributed by atoms with Gasteiger partial charge in [-0.25, -0.2) is 0 Å². The van der Waals surface area contributed by atoms with Crippen LogP contribution in [0.1, 0.15) is 51.9 Å². The van der Waals surface area contributed by atoms with Gasteiger partial charge in [-0.1, -0.05) is 26.2 Å². The zero-order valence-electron chi connectivity index (χ0n) is 11.8. The van der Waals surface area contributed by atoms with E-state index in [1.807, 2.05) is 0 Å². The maximum atomic E-state index is 12.3. The van der Waals surface area contributed by atoms with Gasteiger partial charge >= 0.3 is 0 Å². The van der Waals surface area contributed by atoms with Crippen molar-refractivity contribution in [3.05, 3.63) is 0 Å². The Balaban J connectivity index is 1.81. The number of thiol groups is 1. The zero-order chi connectivity index (χ0) is 13.8. The van der Waals surface area contributed by atoms with Gasteiger partial charge in [-0.3, -0.25) is 14.5 Å². The van der Waals surface area contributed by atoms with Crippen molar-refractivity contribution >= 4 is 24.4 Å². The number of unbranched alkanes of at least 4 members (excludes halogenated alkanes) is 3. The highest BCUT2D eigenvalue weighted by Crippen LogP contribution is 2.44. The molecule has 1 aliphatic heterocycles. The van der Waals surface area contributed by atoms with E-state index in [4.69, 9.17) is 0 Å². The van der Waals surface area contributed by atoms with E-state index in [0.29, 0.717) is 12.5 Å². The van der Waals surface area contributed by atoms with Crippen LogP contribution in [0.5, 0.6) is 0 Å². The minimum atomic E-state index is 0.00916. The van der Waals surface area contributed by atoms with Gasteiger partial charge < -0.3 is 0 Å². The Morgan fingerprint density at radius 1 is 1.05 bits per heavy atom. The lowest BCUT2D eigenvalue weighted by Crippen LogP contribution is -2.33. The fraction of sp³-hybridized carbons (Fsp3) is 0.867. The van der Waals surface area contributed by atoms with Crippen molar-refractivity contribution in [1.82, 2.24) is 4.90 Å². The van der Waals surface area contributed by atoms with Gasteiger partial charge in [-0.05, 0) is 37.4 Å². The minimum Gasteiger partial charge on any atom is -0.282 e. The molecule has 1 saturated carbocycles. The molecule has 0 aromatic rings. The molecule has 2 fully saturated rings. The second-order valence-corrected chi connectivity index (χ2v) is 6.37. The SMILES string of the molecule is CCC1CC2C(=O)N(CCCCCCS)C(=O)C2C1. The number of nitrogens with zero attached hydrogens (tertiary/aromatic N) is 1. The number of carbonyl (C=O) groups is 2. The molecular weight excluding hydrogens is 258 g/mol. The van der Waals surface area contributed by atoms with Crippen LogP contribution in [0.3, 0.4) is 0 Å². The van der Waals surface area contributed by atoms with Crippen molar-refractivity contribution in [1.29, 1.82) is 0 Å². The van der Waals surface area contributed by atoms with Gasteiger partial charge in [0.25, 0.3) is 0 Å². The third kappa shape index (κ3) is 3.15. The Morgan fingerprint density at radius 2 is 1.63 bits per heavy atom. The Hall–Kier alpha value is -0.510. The highest BCUT2D eigenvalue weighted by Gasteiger charge is 2.51. The predicted molar refractivity (Wildman–Crippen MR) is 79.0 cm³/mol. The maximum absolute atomic E-state index is 12.3. The molecule has 2 atom stereocenters. The highest BCUT2D eigenvalue weighted by molar-refractivity contribution is 7.80. The topological polar surface area (TPSA) is 37.4 Å². The number of likely N-dealkylation sites (tertiary alicyclic amines) is 1. The molecule has 0 spiro atoms. The molecule has 0 aromatic heterocycles. The molecule has 1 aliphatic carbocycles. The number of amides is 2. The fourth-order valence-electron chi connectivity index (χ4n) is 3.49. The summed E-state index contributed by atoms with van der Waals surface area (Å²) in [6.45, 7) is 2.79. The average molecular weight is 283 g/mol. The van der Waals surface area contributed by atoms with Crippen LogP contribution < -0.4 is 0 Å². The molecule has 2 rings (SSSR count). The molecule has 0 radical (unpaired) electrons. The Kier molecular flexibility index (Phi) is 5.31. The first kappa shape index (κ1) is 14.9. The Labute approximate surface area is 121 Å². The molecule has 2 unspecified atom stereocenters. The zero-order valence-corrected chi connectivity index (χ0v) is 12.7. The molecule has 0 N–H and O–H groups in total. The summed E-state index contributed by atoms with van der Waals surface area (Å²) in [5.41, 5.74) is 0. The molecular formula is C15H25NO2S. The van der Waals surface area contributed by atoms with Gasteiger partial charge in [0.05, 0.1) is 11.8 Å². The van der Waals surface area contributed by atoms with Gasteiger partial charge in [0, 0.05) is 6.54 Å². The van der Waals surface area contributed by atoms with Crippen molar-refractivity contribution < 1.29 is 9.59 Å². The molecule has 2 aliphatic rings. The second kappa shape index (κ2) is 6.78. The number of imide groups is 1. The molecule has 3 nitrogen and oxygen atoms in total. The summed E-state index contributed by atoms with van der Waals surface area (Å²) < 4.78 is 0. The van der Waals surface area contributed by atoms with E-state index in [9.17, 15) is 9.59 Å². The van der Waals surface area contributed by atoms with Crippen LogP contribution in [0.4, 0.5) is 0 Å². The summed E-state index contributed by atoms with van der Waals surface area (Å²) in [5.74, 6) is 1.75. The number of rotatable bonds is 7. The first-order valence-corrected chi connectivity index (χ1v) is 8.28. The third-order valence-corrected chi connectivity index (χ3v) is 5.01. The van der Waals surface area contributed by atoms with Crippen LogP contribution >= 0.6 is 12.6 Å². The number of hydrogen-bond donors (Lipinski definition) is 1. The molecule has 108 valence electrons. The summed E-state index contributed by atoms with van der Waals surface area (Å²) in [6, 6.07) is 0. The van der Waals surface area contributed by atoms with Crippen LogP contribution in [0.2, 0.25) is 0 Å². The van der Waals surface area contributed by atoms with Crippen molar-refractivity contribution in [2.75, 3.05) is 12.3 Å². The lowest BCUT2D eigenvalue weighted by molar-refractivity contribution is -0.140. The van der Waals surface area contributed by atoms with Gasteiger partial charge in [0.2, 0.25) is 11.8 Å². The summed E-state index contributed by atoms with van der Waals surface area (Å²) in [4.78, 5) is 26.1. The number of hydrogen-bond acceptors (Lipinski definition) is 3. The van der Waals surface area contributed by atoms with Crippen molar-refractivity contribution in [3.63, 3.8) is 0 Å². The molecule has 0 bridgehead atoms. The Morgan fingerprint density at radius 3 is 2.16 bits per heavy atom. The van der Waals surface area contributed by atoms with Crippen molar-refractivity contribution in [2.24, 2.45) is 17.8 Å². The smallest absolute Gasteiger partial charge is 0.233 e. The Bertz CT molecular complexity index is 321. The molecule has 19 heavy (non-hydrogen) atoms. The summed E-state index contributed by atoms with van der Waals surface area (Å²) in [7, 11) is 0. The van der Waals surface area contributed by atoms with Gasteiger partial charge in [0.1, 0.15) is 0 Å². The van der Waals surface area contributed by atoms with E-state index < -0.39 is 0 Å². The predicted octanol–water partition coefficient (Wildman–Crippen LogP) is 2.90. The standard InChI is InChI=1S/C15H25NO2S/c1-2-11-9-12-13(10-11)15(18)16(14(12)17)7-5-3-4-6-8-19/h11-13,19H,2-10H2,1H3. The average Bonchev–Trinajstić information content (AvgIpc) is 2.93. The van der Waals surface area contributed by atoms with E-state index in [2.05, 4.69) is 19.6 Å². The second-order valence-electron chi connectivity index (χ2n) is 5.92. The number of fused-ring (bicyclic) bond motifs is 1. The first-order chi connectivity index (χ1) is 9.19. The van der Waals surface area contributed by atoms with Gasteiger partial charge in [0.15, 0.2) is 0 Å². The van der Waals surface area contributed by atoms with Crippen LogP contribution in [-0.4, -0.2) is 29.0 Å². The molecule has 0 aromatic carbocycles. The van der Waals surface area contributed by atoms with E-state index in [1.54, 1.807) is 4.90 Å². The largest absolute Gasteiger partial charge is 0.282 e. The van der Waals surface area contributed by atoms with Crippen LogP contribution in [0.25, 0.3) is 0 Å². The third-order valence-electron chi connectivity index (χ3n) is 4.69. The molecule has 4 heteroatoms. The lowest BCUT2D eigenvalue weighted by atomic mass is 10.00. The quantitative estimate of drug-likeness (QED) is 0.443. The van der Waals surface area contributed by atoms with E-state index >= 15 is 0 Å². The summed E-state index contributed by atoms with van der Waals surface area (Å²) in [5, 5.41) is 0. The van der Waals surface area contributed by atoms with Gasteiger partial charge in [-0.15, -0.1) is 0 Å². The summed E-state index contributed by atoms with van der Waals surface area (Å²) in [6.07, 6.45) is 7.26. The highest BCUT2D eigenvalue weighted by atomic mass is 32.1. The molecule has 1 heterocycles. The first-order valence-electron chi connectivity index (χ1n) is 7.65. The maximum Gasteiger partial charge on any atom is 0.233 e. The van der Waals surface area contributed by atoms with Gasteiger partial charge in [-0.2, -0.15) is 12.6 Å². The van der Waals surface area contributed by atoms with Crippen molar-refractivity contribution in [2.45, 2.75) is 51.9 Å². The normalized spacial score (nSPS) is 30.2. The van der Waals surface area contributed by atoms with Crippen LogP contribution in [-0.2, 0) is 9.59 Å². The van der Waals surface area contributed by atoms with E-state index in [0.717, 1.165) is 50.7 Å². The monoisotopic (exact) mass is 283 g/mol. The molecule has 1 saturated heterocycles. The molecule has 2 amide bonds. The fourth-order valence-corrected chi connectivity index (χ4v) is 3.71. The van der Waals surface area contributed by atoms with E-state index in [-0.39, 0.29) is 23.7 Å². The van der Waals surface area contributed by atoms with E-state index in [1.165, 1.54) is 0 Å².